The van der Waals surface area contributed by atoms with E-state index in [4.69, 9.17) is 0 Å². The fourth-order valence-corrected chi connectivity index (χ4v) is 3.97. The Morgan fingerprint density at radius 2 is 1.96 bits per heavy atom. The second-order valence-corrected chi connectivity index (χ2v) is 8.25. The molecule has 0 radical (unpaired) electrons. The molecule has 2 amide bonds. The van der Waals surface area contributed by atoms with Crippen LogP contribution in [0, 0.1) is 0 Å². The summed E-state index contributed by atoms with van der Waals surface area (Å²) in [6.45, 7) is 2.01. The van der Waals surface area contributed by atoms with Crippen molar-refractivity contribution in [2.24, 2.45) is 0 Å². The van der Waals surface area contributed by atoms with Gasteiger partial charge in [0.05, 0.1) is 27.1 Å². The number of hydrogen-bond acceptors (Lipinski definition) is 5. The molecule has 1 aliphatic heterocycles. The van der Waals surface area contributed by atoms with Crippen molar-refractivity contribution in [3.8, 4) is 0 Å². The van der Waals surface area contributed by atoms with Crippen molar-refractivity contribution in [1.29, 1.82) is 0 Å². The van der Waals surface area contributed by atoms with Crippen LogP contribution >= 0.6 is 27.3 Å². The first-order valence-electron chi connectivity index (χ1n) is 8.16. The van der Waals surface area contributed by atoms with Crippen molar-refractivity contribution in [3.63, 3.8) is 0 Å². The van der Waals surface area contributed by atoms with Crippen LogP contribution in [-0.2, 0) is 4.79 Å². The van der Waals surface area contributed by atoms with Crippen LogP contribution in [0.4, 0.5) is 11.5 Å². The maximum absolute atomic E-state index is 12.0. The van der Waals surface area contributed by atoms with E-state index in [1.807, 2.05) is 6.07 Å². The number of hydrogen-bond donors (Lipinski definition) is 2. The number of pyridine rings is 1. The molecule has 0 aromatic carbocycles. The second-order valence-electron chi connectivity index (χ2n) is 5.78. The Morgan fingerprint density at radius 3 is 2.60 bits per heavy atom. The smallest absolute Gasteiger partial charge is 0.261 e. The average Bonchev–Trinajstić information content (AvgIpc) is 3.08. The second kappa shape index (κ2) is 8.44. The van der Waals surface area contributed by atoms with Crippen LogP contribution < -0.4 is 15.5 Å². The largest absolute Gasteiger partial charge is 0.370 e. The van der Waals surface area contributed by atoms with Crippen molar-refractivity contribution < 1.29 is 9.59 Å². The predicted molar refractivity (Wildman–Crippen MR) is 103 cm³/mol. The Morgan fingerprint density at radius 1 is 1.16 bits per heavy atom. The van der Waals surface area contributed by atoms with Crippen LogP contribution in [0.25, 0.3) is 0 Å². The first-order chi connectivity index (χ1) is 12.1. The number of nitrogens with zero attached hydrogens (tertiary/aromatic N) is 2. The Bertz CT molecular complexity index is 741. The van der Waals surface area contributed by atoms with Gasteiger partial charge in [-0.2, -0.15) is 0 Å². The fraction of sp³-hybridized carbons (Fsp3) is 0.353. The number of anilines is 2. The van der Waals surface area contributed by atoms with E-state index in [1.54, 1.807) is 24.4 Å². The van der Waals surface area contributed by atoms with Gasteiger partial charge in [0.1, 0.15) is 5.82 Å². The molecule has 3 heterocycles. The third kappa shape index (κ3) is 5.02. The maximum atomic E-state index is 12.0. The molecule has 0 bridgehead atoms. The fourth-order valence-electron chi connectivity index (χ4n) is 2.67. The standard InChI is InChI=1S/C17H19BrN4O2S/c18-14-6-5-13(25-14)17(24)20-11-16(23)21-15-7-4-12(10-19-15)22-8-2-1-3-9-22/h4-7,10H,1-3,8-9,11H2,(H,20,24)(H,19,21,23). The highest BCUT2D eigenvalue weighted by Gasteiger charge is 2.13. The van der Waals surface area contributed by atoms with Gasteiger partial charge in [0, 0.05) is 13.1 Å². The third-order valence-corrected chi connectivity index (χ3v) is 5.57. The van der Waals surface area contributed by atoms with E-state index >= 15 is 0 Å². The number of carbonyl (C=O) groups excluding carboxylic acids is 2. The number of halogens is 1. The van der Waals surface area contributed by atoms with E-state index in [1.165, 1.54) is 30.6 Å². The van der Waals surface area contributed by atoms with E-state index < -0.39 is 0 Å². The number of piperidine rings is 1. The van der Waals surface area contributed by atoms with Crippen molar-refractivity contribution in [2.45, 2.75) is 19.3 Å². The minimum Gasteiger partial charge on any atom is -0.370 e. The van der Waals surface area contributed by atoms with Crippen LogP contribution in [0.5, 0.6) is 0 Å². The van der Waals surface area contributed by atoms with Crippen LogP contribution in [0.3, 0.4) is 0 Å². The molecule has 8 heteroatoms. The molecular formula is C17H19BrN4O2S. The van der Waals surface area contributed by atoms with Gasteiger partial charge in [0.25, 0.3) is 5.91 Å². The molecule has 0 spiro atoms. The summed E-state index contributed by atoms with van der Waals surface area (Å²) in [6.07, 6.45) is 5.48. The van der Waals surface area contributed by atoms with E-state index in [9.17, 15) is 9.59 Å². The summed E-state index contributed by atoms with van der Waals surface area (Å²) >= 11 is 4.63. The number of thiophene rings is 1. The van der Waals surface area contributed by atoms with Crippen molar-refractivity contribution >= 4 is 50.6 Å². The molecule has 1 fully saturated rings. The van der Waals surface area contributed by atoms with Gasteiger partial charge in [0.2, 0.25) is 5.91 Å². The lowest BCUT2D eigenvalue weighted by Gasteiger charge is -2.28. The minimum absolute atomic E-state index is 0.0933. The van der Waals surface area contributed by atoms with Gasteiger partial charge in [-0.25, -0.2) is 4.98 Å². The summed E-state index contributed by atoms with van der Waals surface area (Å²) in [5, 5.41) is 5.29. The number of amides is 2. The number of rotatable bonds is 5. The number of aromatic nitrogens is 1. The van der Waals surface area contributed by atoms with Gasteiger partial charge < -0.3 is 15.5 Å². The van der Waals surface area contributed by atoms with Crippen LogP contribution in [0.1, 0.15) is 28.9 Å². The zero-order valence-corrected chi connectivity index (χ0v) is 16.0. The zero-order chi connectivity index (χ0) is 17.6. The normalized spacial score (nSPS) is 14.2. The molecule has 6 nitrogen and oxygen atoms in total. The van der Waals surface area contributed by atoms with Gasteiger partial charge in [-0.15, -0.1) is 11.3 Å². The Hall–Kier alpha value is -1.93. The summed E-state index contributed by atoms with van der Waals surface area (Å²) in [5.41, 5.74) is 1.08. The van der Waals surface area contributed by atoms with Gasteiger partial charge >= 0.3 is 0 Å². The van der Waals surface area contributed by atoms with Crippen molar-refractivity contribution in [3.05, 3.63) is 39.1 Å². The summed E-state index contributed by atoms with van der Waals surface area (Å²) in [6, 6.07) is 7.27. The Labute approximate surface area is 158 Å². The molecule has 2 aromatic heterocycles. The van der Waals surface area contributed by atoms with Gasteiger partial charge in [-0.05, 0) is 59.5 Å². The third-order valence-electron chi connectivity index (χ3n) is 3.94. The van der Waals surface area contributed by atoms with E-state index in [0.29, 0.717) is 10.7 Å². The summed E-state index contributed by atoms with van der Waals surface area (Å²) in [5.74, 6) is -0.0830. The molecule has 1 aliphatic rings. The molecule has 3 rings (SSSR count). The van der Waals surface area contributed by atoms with E-state index in [2.05, 4.69) is 36.4 Å². The van der Waals surface area contributed by atoms with Crippen LogP contribution in [0.2, 0.25) is 0 Å². The lowest BCUT2D eigenvalue weighted by molar-refractivity contribution is -0.115. The van der Waals surface area contributed by atoms with Crippen molar-refractivity contribution in [1.82, 2.24) is 10.3 Å². The summed E-state index contributed by atoms with van der Waals surface area (Å²) in [7, 11) is 0. The molecule has 2 aromatic rings. The molecular weight excluding hydrogens is 404 g/mol. The summed E-state index contributed by atoms with van der Waals surface area (Å²) in [4.78, 5) is 31.0. The lowest BCUT2D eigenvalue weighted by Crippen LogP contribution is -2.32. The van der Waals surface area contributed by atoms with Gasteiger partial charge in [-0.3, -0.25) is 9.59 Å². The molecule has 25 heavy (non-hydrogen) atoms. The highest BCUT2D eigenvalue weighted by atomic mass is 79.9. The molecule has 2 N–H and O–H groups in total. The van der Waals surface area contributed by atoms with Crippen molar-refractivity contribution in [2.75, 3.05) is 29.9 Å². The van der Waals surface area contributed by atoms with E-state index in [-0.39, 0.29) is 18.4 Å². The first-order valence-corrected chi connectivity index (χ1v) is 9.77. The number of carbonyl (C=O) groups is 2. The quantitative estimate of drug-likeness (QED) is 0.775. The molecule has 0 atom stereocenters. The Kier molecular flexibility index (Phi) is 6.04. The lowest BCUT2D eigenvalue weighted by atomic mass is 10.1. The minimum atomic E-state index is -0.304. The monoisotopic (exact) mass is 422 g/mol. The van der Waals surface area contributed by atoms with E-state index in [0.717, 1.165) is 22.6 Å². The van der Waals surface area contributed by atoms with Crippen LogP contribution in [0.15, 0.2) is 34.2 Å². The highest BCUT2D eigenvalue weighted by molar-refractivity contribution is 9.11. The van der Waals surface area contributed by atoms with Crippen LogP contribution in [-0.4, -0.2) is 36.4 Å². The topological polar surface area (TPSA) is 74.3 Å². The van der Waals surface area contributed by atoms with Gasteiger partial charge in [0.15, 0.2) is 0 Å². The molecule has 132 valence electrons. The maximum Gasteiger partial charge on any atom is 0.261 e. The zero-order valence-electron chi connectivity index (χ0n) is 13.6. The molecule has 1 saturated heterocycles. The van der Waals surface area contributed by atoms with Gasteiger partial charge in [-0.1, -0.05) is 0 Å². The predicted octanol–water partition coefficient (Wildman–Crippen LogP) is 3.26. The number of nitrogens with one attached hydrogen (secondary N) is 2. The summed E-state index contributed by atoms with van der Waals surface area (Å²) < 4.78 is 0.875. The highest BCUT2D eigenvalue weighted by Crippen LogP contribution is 2.22. The Balaban J connectivity index is 1.48. The first kappa shape index (κ1) is 17.9. The molecule has 0 aliphatic carbocycles. The SMILES string of the molecule is O=C(CNC(=O)c1ccc(Br)s1)Nc1ccc(N2CCCCC2)cn1. The molecule has 0 unspecified atom stereocenters. The molecule has 0 saturated carbocycles. The average molecular weight is 423 g/mol.